The van der Waals surface area contributed by atoms with Crippen LogP contribution in [0.15, 0.2) is 61.5 Å². The van der Waals surface area contributed by atoms with E-state index in [-0.39, 0.29) is 24.0 Å². The van der Waals surface area contributed by atoms with E-state index in [1.807, 2.05) is 0 Å². The molecule has 25 heavy (non-hydrogen) atoms. The quantitative estimate of drug-likeness (QED) is 0.537. The predicted octanol–water partition coefficient (Wildman–Crippen LogP) is 2.79. The van der Waals surface area contributed by atoms with Gasteiger partial charge in [0.25, 0.3) is 0 Å². The van der Waals surface area contributed by atoms with Crippen molar-refractivity contribution >= 4 is 11.6 Å². The topological polar surface area (TPSA) is 77.9 Å². The summed E-state index contributed by atoms with van der Waals surface area (Å²) in [6.07, 6.45) is 6.06. The number of halogens is 1. The predicted molar refractivity (Wildman–Crippen MR) is 96.7 cm³/mol. The number of hydrogen-bond donors (Lipinski definition) is 3. The molecule has 128 valence electrons. The van der Waals surface area contributed by atoms with Crippen molar-refractivity contribution in [1.82, 2.24) is 15.6 Å². The molecular weight excluding hydrogens is 319 g/mol. The Morgan fingerprint density at radius 2 is 2.08 bits per heavy atom. The fraction of sp³-hybridized carbons (Fsp3) is 0.105. The van der Waals surface area contributed by atoms with Crippen molar-refractivity contribution in [2.45, 2.75) is 6.54 Å². The second-order valence-electron chi connectivity index (χ2n) is 5.19. The van der Waals surface area contributed by atoms with Gasteiger partial charge in [0.2, 0.25) is 5.91 Å². The highest BCUT2D eigenvalue weighted by Gasteiger charge is 2.11. The average molecular weight is 338 g/mol. The molecule has 5 nitrogen and oxygen atoms in total. The van der Waals surface area contributed by atoms with E-state index in [2.05, 4.69) is 22.2 Å². The molecule has 3 N–H and O–H groups in total. The first-order valence-corrected chi connectivity index (χ1v) is 7.63. The molecule has 0 fully saturated rings. The first kappa shape index (κ1) is 18.1. The first-order chi connectivity index (χ1) is 12.0. The van der Waals surface area contributed by atoms with Crippen molar-refractivity contribution in [1.29, 1.82) is 5.41 Å². The SMILES string of the molecule is C=CC(=O)NCc1cnc(-c2ccc(F)cc2)cc1C(=N)/C=C\NC. The highest BCUT2D eigenvalue weighted by Crippen LogP contribution is 2.21. The Morgan fingerprint density at radius 1 is 1.36 bits per heavy atom. The minimum absolute atomic E-state index is 0.229. The maximum atomic E-state index is 13.1. The van der Waals surface area contributed by atoms with Gasteiger partial charge in [-0.05, 0) is 54.2 Å². The van der Waals surface area contributed by atoms with Crippen LogP contribution in [0.4, 0.5) is 4.39 Å². The van der Waals surface area contributed by atoms with Crippen LogP contribution in [0.1, 0.15) is 11.1 Å². The number of hydrogen-bond acceptors (Lipinski definition) is 4. The monoisotopic (exact) mass is 338 g/mol. The van der Waals surface area contributed by atoms with Gasteiger partial charge < -0.3 is 16.0 Å². The number of benzene rings is 1. The summed E-state index contributed by atoms with van der Waals surface area (Å²) in [5, 5.41) is 13.8. The third-order valence-electron chi connectivity index (χ3n) is 3.47. The number of rotatable bonds is 7. The van der Waals surface area contributed by atoms with Gasteiger partial charge in [0, 0.05) is 30.9 Å². The third kappa shape index (κ3) is 4.84. The molecule has 6 heteroatoms. The van der Waals surface area contributed by atoms with Gasteiger partial charge in [-0.25, -0.2) is 4.39 Å². The van der Waals surface area contributed by atoms with Gasteiger partial charge in [0.1, 0.15) is 5.82 Å². The molecule has 1 aromatic heterocycles. The van der Waals surface area contributed by atoms with Crippen LogP contribution in [0.3, 0.4) is 0 Å². The molecule has 0 aliphatic heterocycles. The van der Waals surface area contributed by atoms with Gasteiger partial charge in [0.15, 0.2) is 0 Å². The van der Waals surface area contributed by atoms with Gasteiger partial charge in [-0.2, -0.15) is 0 Å². The van der Waals surface area contributed by atoms with Crippen molar-refractivity contribution in [3.05, 3.63) is 78.4 Å². The summed E-state index contributed by atoms with van der Waals surface area (Å²) in [4.78, 5) is 15.8. The summed E-state index contributed by atoms with van der Waals surface area (Å²) < 4.78 is 13.1. The molecule has 0 radical (unpaired) electrons. The average Bonchev–Trinajstić information content (AvgIpc) is 2.64. The summed E-state index contributed by atoms with van der Waals surface area (Å²) in [6.45, 7) is 3.64. The zero-order valence-electron chi connectivity index (χ0n) is 13.8. The summed E-state index contributed by atoms with van der Waals surface area (Å²) in [5.74, 6) is -0.622. The Balaban J connectivity index is 2.40. The van der Waals surface area contributed by atoms with Gasteiger partial charge in [-0.3, -0.25) is 9.78 Å². The standard InChI is InChI=1S/C19H19FN4O/c1-3-19(25)24-12-14-11-23-18(13-4-6-15(20)7-5-13)10-16(14)17(21)8-9-22-2/h3-11,21-22H,1,12H2,2H3,(H,24,25)/b9-8-,21-17?. The Bertz CT molecular complexity index is 813. The number of carbonyl (C=O) groups is 1. The molecule has 0 saturated carbocycles. The molecule has 0 saturated heterocycles. The Hall–Kier alpha value is -3.28. The van der Waals surface area contributed by atoms with E-state index in [0.29, 0.717) is 16.8 Å². The summed E-state index contributed by atoms with van der Waals surface area (Å²) >= 11 is 0. The maximum absolute atomic E-state index is 13.1. The van der Waals surface area contributed by atoms with Crippen LogP contribution in [0.2, 0.25) is 0 Å². The molecule has 0 atom stereocenters. The fourth-order valence-corrected chi connectivity index (χ4v) is 2.16. The second-order valence-corrected chi connectivity index (χ2v) is 5.19. The van der Waals surface area contributed by atoms with Gasteiger partial charge in [0.05, 0.1) is 11.4 Å². The van der Waals surface area contributed by atoms with E-state index >= 15 is 0 Å². The molecule has 0 bridgehead atoms. The molecule has 0 aliphatic carbocycles. The largest absolute Gasteiger partial charge is 0.394 e. The van der Waals surface area contributed by atoms with E-state index in [9.17, 15) is 9.18 Å². The van der Waals surface area contributed by atoms with Crippen LogP contribution in [-0.2, 0) is 11.3 Å². The number of nitrogens with zero attached hydrogens (tertiary/aromatic N) is 1. The zero-order valence-corrected chi connectivity index (χ0v) is 13.8. The fourth-order valence-electron chi connectivity index (χ4n) is 2.16. The first-order valence-electron chi connectivity index (χ1n) is 7.63. The van der Waals surface area contributed by atoms with Gasteiger partial charge >= 0.3 is 0 Å². The molecule has 0 unspecified atom stereocenters. The number of carbonyl (C=O) groups excluding carboxylic acids is 1. The van der Waals surface area contributed by atoms with Crippen molar-refractivity contribution < 1.29 is 9.18 Å². The smallest absolute Gasteiger partial charge is 0.243 e. The lowest BCUT2D eigenvalue weighted by atomic mass is 10.0. The van der Waals surface area contributed by atoms with E-state index in [0.717, 1.165) is 5.56 Å². The maximum Gasteiger partial charge on any atom is 0.243 e. The van der Waals surface area contributed by atoms with Crippen molar-refractivity contribution in [3.63, 3.8) is 0 Å². The minimum Gasteiger partial charge on any atom is -0.394 e. The third-order valence-corrected chi connectivity index (χ3v) is 3.47. The van der Waals surface area contributed by atoms with Crippen molar-refractivity contribution in [2.75, 3.05) is 7.05 Å². The van der Waals surface area contributed by atoms with Crippen LogP contribution in [0, 0.1) is 11.2 Å². The molecule has 0 spiro atoms. The summed E-state index contributed by atoms with van der Waals surface area (Å²) in [5.41, 5.74) is 2.96. The van der Waals surface area contributed by atoms with Crippen LogP contribution in [0.25, 0.3) is 11.3 Å². The molecule has 0 aliphatic rings. The lowest BCUT2D eigenvalue weighted by Crippen LogP contribution is -2.21. The normalized spacial score (nSPS) is 10.5. The van der Waals surface area contributed by atoms with Crippen molar-refractivity contribution in [2.24, 2.45) is 0 Å². The van der Waals surface area contributed by atoms with Crippen LogP contribution in [-0.4, -0.2) is 23.7 Å². The summed E-state index contributed by atoms with van der Waals surface area (Å²) in [6, 6.07) is 7.74. The Kier molecular flexibility index (Phi) is 6.17. The highest BCUT2D eigenvalue weighted by molar-refractivity contribution is 6.08. The number of nitrogens with one attached hydrogen (secondary N) is 3. The molecule has 1 aromatic carbocycles. The van der Waals surface area contributed by atoms with E-state index in [4.69, 9.17) is 5.41 Å². The van der Waals surface area contributed by atoms with E-state index < -0.39 is 0 Å². The van der Waals surface area contributed by atoms with Crippen LogP contribution < -0.4 is 10.6 Å². The van der Waals surface area contributed by atoms with Gasteiger partial charge in [-0.1, -0.05) is 6.58 Å². The van der Waals surface area contributed by atoms with E-state index in [1.54, 1.807) is 43.7 Å². The lowest BCUT2D eigenvalue weighted by Gasteiger charge is -2.11. The number of amides is 1. The number of pyridine rings is 1. The summed E-state index contributed by atoms with van der Waals surface area (Å²) in [7, 11) is 1.74. The van der Waals surface area contributed by atoms with Crippen LogP contribution in [0.5, 0.6) is 0 Å². The van der Waals surface area contributed by atoms with Crippen LogP contribution >= 0.6 is 0 Å². The molecule has 2 rings (SSSR count). The molecule has 1 amide bonds. The number of aromatic nitrogens is 1. The van der Waals surface area contributed by atoms with Crippen molar-refractivity contribution in [3.8, 4) is 11.3 Å². The second kappa shape index (κ2) is 8.54. The Morgan fingerprint density at radius 3 is 2.72 bits per heavy atom. The zero-order chi connectivity index (χ0) is 18.2. The number of allylic oxidation sites excluding steroid dienone is 1. The van der Waals surface area contributed by atoms with Gasteiger partial charge in [-0.15, -0.1) is 0 Å². The lowest BCUT2D eigenvalue weighted by molar-refractivity contribution is -0.116. The molecular formula is C19H19FN4O. The minimum atomic E-state index is -0.322. The Labute approximate surface area is 145 Å². The molecule has 1 heterocycles. The van der Waals surface area contributed by atoms with E-state index in [1.165, 1.54) is 18.2 Å². The molecule has 2 aromatic rings. The highest BCUT2D eigenvalue weighted by atomic mass is 19.1.